The van der Waals surface area contributed by atoms with Crippen LogP contribution in [0.4, 0.5) is 5.69 Å². The Balaban J connectivity index is 1.78. The van der Waals surface area contributed by atoms with E-state index in [-0.39, 0.29) is 5.91 Å². The number of nitrogens with one attached hydrogen (secondary N) is 1. The van der Waals surface area contributed by atoms with E-state index in [1.807, 2.05) is 55.5 Å². The maximum Gasteiger partial charge on any atom is 0.228 e. The van der Waals surface area contributed by atoms with Crippen molar-refractivity contribution in [1.82, 2.24) is 20.2 Å². The van der Waals surface area contributed by atoms with Gasteiger partial charge in [0.2, 0.25) is 5.91 Å². The number of nitrogens with zero attached hydrogens (tertiary/aromatic N) is 4. The minimum atomic E-state index is -0.0526. The molecule has 22 heavy (non-hydrogen) atoms. The van der Waals surface area contributed by atoms with E-state index in [1.54, 1.807) is 4.68 Å². The predicted octanol–water partition coefficient (Wildman–Crippen LogP) is 2.15. The predicted molar refractivity (Wildman–Crippen MR) is 82.7 cm³/mol. The monoisotopic (exact) mass is 293 g/mol. The van der Waals surface area contributed by atoms with Crippen LogP contribution in [0.3, 0.4) is 0 Å². The molecule has 0 saturated heterocycles. The molecular formula is C16H15N5O. The van der Waals surface area contributed by atoms with Gasteiger partial charge in [0, 0.05) is 5.69 Å². The third-order valence-electron chi connectivity index (χ3n) is 3.38. The standard InChI is InChI=1S/C16H15N5O/c1-12-14(8-5-9-15(12)21-11-17-19-20-21)18-16(22)10-13-6-3-2-4-7-13/h2-9,11H,10H2,1H3,(H,18,22). The molecule has 0 bridgehead atoms. The van der Waals surface area contributed by atoms with Crippen LogP contribution in [0.25, 0.3) is 5.69 Å². The van der Waals surface area contributed by atoms with Crippen LogP contribution in [0.5, 0.6) is 0 Å². The van der Waals surface area contributed by atoms with E-state index in [0.29, 0.717) is 6.42 Å². The van der Waals surface area contributed by atoms with Crippen LogP contribution in [0.15, 0.2) is 54.9 Å². The number of hydrogen-bond acceptors (Lipinski definition) is 4. The largest absolute Gasteiger partial charge is 0.325 e. The van der Waals surface area contributed by atoms with Crippen molar-refractivity contribution in [2.45, 2.75) is 13.3 Å². The smallest absolute Gasteiger partial charge is 0.228 e. The lowest BCUT2D eigenvalue weighted by molar-refractivity contribution is -0.115. The van der Waals surface area contributed by atoms with Crippen molar-refractivity contribution in [2.75, 3.05) is 5.32 Å². The summed E-state index contributed by atoms with van der Waals surface area (Å²) in [7, 11) is 0. The molecule has 0 radical (unpaired) electrons. The molecule has 1 N–H and O–H groups in total. The molecule has 2 aromatic carbocycles. The second-order valence-corrected chi connectivity index (χ2v) is 4.91. The van der Waals surface area contributed by atoms with Crippen LogP contribution < -0.4 is 5.32 Å². The summed E-state index contributed by atoms with van der Waals surface area (Å²) >= 11 is 0. The van der Waals surface area contributed by atoms with Crippen molar-refractivity contribution in [3.05, 3.63) is 66.0 Å². The van der Waals surface area contributed by atoms with Gasteiger partial charge in [0.15, 0.2) is 0 Å². The first kappa shape index (κ1) is 13.9. The molecule has 110 valence electrons. The number of carbonyl (C=O) groups is 1. The zero-order chi connectivity index (χ0) is 15.4. The van der Waals surface area contributed by atoms with Gasteiger partial charge in [-0.25, -0.2) is 4.68 Å². The Morgan fingerprint density at radius 3 is 2.68 bits per heavy atom. The summed E-state index contributed by atoms with van der Waals surface area (Å²) in [6, 6.07) is 15.3. The van der Waals surface area contributed by atoms with Gasteiger partial charge >= 0.3 is 0 Å². The van der Waals surface area contributed by atoms with Gasteiger partial charge in [0.25, 0.3) is 0 Å². The Labute approximate surface area is 127 Å². The Morgan fingerprint density at radius 2 is 1.95 bits per heavy atom. The quantitative estimate of drug-likeness (QED) is 0.800. The molecular weight excluding hydrogens is 278 g/mol. The fourth-order valence-corrected chi connectivity index (χ4v) is 2.25. The highest BCUT2D eigenvalue weighted by molar-refractivity contribution is 5.93. The second-order valence-electron chi connectivity index (χ2n) is 4.91. The van der Waals surface area contributed by atoms with Gasteiger partial charge in [-0.3, -0.25) is 4.79 Å². The van der Waals surface area contributed by atoms with Crippen molar-refractivity contribution >= 4 is 11.6 Å². The molecule has 1 amide bonds. The van der Waals surface area contributed by atoms with Crippen LogP contribution in [-0.2, 0) is 11.2 Å². The number of hydrogen-bond donors (Lipinski definition) is 1. The lowest BCUT2D eigenvalue weighted by Gasteiger charge is -2.12. The molecule has 1 aromatic heterocycles. The number of aromatic nitrogens is 4. The zero-order valence-electron chi connectivity index (χ0n) is 12.1. The Morgan fingerprint density at radius 1 is 1.14 bits per heavy atom. The van der Waals surface area contributed by atoms with Crippen LogP contribution in [-0.4, -0.2) is 26.1 Å². The van der Waals surface area contributed by atoms with E-state index >= 15 is 0 Å². The zero-order valence-corrected chi connectivity index (χ0v) is 12.1. The van der Waals surface area contributed by atoms with Gasteiger partial charge < -0.3 is 5.32 Å². The van der Waals surface area contributed by atoms with Gasteiger partial charge in [-0.15, -0.1) is 5.10 Å². The first-order valence-corrected chi connectivity index (χ1v) is 6.91. The molecule has 0 aliphatic heterocycles. The average Bonchev–Trinajstić information content (AvgIpc) is 3.04. The lowest BCUT2D eigenvalue weighted by Crippen LogP contribution is -2.15. The fourth-order valence-electron chi connectivity index (χ4n) is 2.25. The molecule has 3 aromatic rings. The van der Waals surface area contributed by atoms with Gasteiger partial charge in [0.05, 0.1) is 12.1 Å². The van der Waals surface area contributed by atoms with Gasteiger partial charge in [-0.2, -0.15) is 0 Å². The number of benzene rings is 2. The first-order valence-electron chi connectivity index (χ1n) is 6.91. The third kappa shape index (κ3) is 3.01. The summed E-state index contributed by atoms with van der Waals surface area (Å²) < 4.78 is 1.57. The summed E-state index contributed by atoms with van der Waals surface area (Å²) in [5.74, 6) is -0.0526. The first-order chi connectivity index (χ1) is 10.7. The third-order valence-corrected chi connectivity index (χ3v) is 3.38. The molecule has 0 spiro atoms. The highest BCUT2D eigenvalue weighted by Crippen LogP contribution is 2.21. The van der Waals surface area contributed by atoms with E-state index < -0.39 is 0 Å². The van der Waals surface area contributed by atoms with Crippen molar-refractivity contribution in [1.29, 1.82) is 0 Å². The molecule has 3 rings (SSSR count). The number of carbonyl (C=O) groups excluding carboxylic acids is 1. The molecule has 0 fully saturated rings. The number of tetrazole rings is 1. The maximum absolute atomic E-state index is 12.2. The number of amides is 1. The van der Waals surface area contributed by atoms with E-state index in [0.717, 1.165) is 22.5 Å². The fraction of sp³-hybridized carbons (Fsp3) is 0.125. The summed E-state index contributed by atoms with van der Waals surface area (Å²) in [6.45, 7) is 1.93. The highest BCUT2D eigenvalue weighted by Gasteiger charge is 2.10. The normalized spacial score (nSPS) is 10.4. The van der Waals surface area contributed by atoms with E-state index in [9.17, 15) is 4.79 Å². The van der Waals surface area contributed by atoms with Gasteiger partial charge in [0.1, 0.15) is 6.33 Å². The molecule has 6 heteroatoms. The van der Waals surface area contributed by atoms with E-state index in [4.69, 9.17) is 0 Å². The van der Waals surface area contributed by atoms with Crippen molar-refractivity contribution in [3.63, 3.8) is 0 Å². The van der Waals surface area contributed by atoms with Crippen molar-refractivity contribution < 1.29 is 4.79 Å². The Kier molecular flexibility index (Phi) is 3.91. The van der Waals surface area contributed by atoms with Crippen molar-refractivity contribution in [2.24, 2.45) is 0 Å². The molecule has 6 nitrogen and oxygen atoms in total. The number of rotatable bonds is 4. The molecule has 0 atom stereocenters. The molecule has 0 unspecified atom stereocenters. The molecule has 0 saturated carbocycles. The highest BCUT2D eigenvalue weighted by atomic mass is 16.1. The van der Waals surface area contributed by atoms with Gasteiger partial charge in [-0.05, 0) is 40.6 Å². The summed E-state index contributed by atoms with van der Waals surface area (Å²) in [5.41, 5.74) is 3.49. The van der Waals surface area contributed by atoms with Crippen LogP contribution in [0, 0.1) is 6.92 Å². The molecule has 0 aliphatic rings. The number of anilines is 1. The Hall–Kier alpha value is -3.02. The van der Waals surface area contributed by atoms with Crippen LogP contribution >= 0.6 is 0 Å². The van der Waals surface area contributed by atoms with E-state index in [1.165, 1.54) is 6.33 Å². The summed E-state index contributed by atoms with van der Waals surface area (Å²) in [6.07, 6.45) is 1.87. The second kappa shape index (κ2) is 6.17. The topological polar surface area (TPSA) is 72.7 Å². The Bertz CT molecular complexity index is 768. The summed E-state index contributed by atoms with van der Waals surface area (Å²) in [4.78, 5) is 12.2. The molecule has 0 aliphatic carbocycles. The summed E-state index contributed by atoms with van der Waals surface area (Å²) in [5, 5.41) is 14.1. The van der Waals surface area contributed by atoms with Crippen molar-refractivity contribution in [3.8, 4) is 5.69 Å². The lowest BCUT2D eigenvalue weighted by atomic mass is 10.1. The maximum atomic E-state index is 12.2. The van der Waals surface area contributed by atoms with Crippen LogP contribution in [0.2, 0.25) is 0 Å². The van der Waals surface area contributed by atoms with E-state index in [2.05, 4.69) is 20.8 Å². The SMILES string of the molecule is Cc1c(NC(=O)Cc2ccccc2)cccc1-n1cnnn1. The minimum Gasteiger partial charge on any atom is -0.325 e. The average molecular weight is 293 g/mol. The minimum absolute atomic E-state index is 0.0526. The van der Waals surface area contributed by atoms with Gasteiger partial charge in [-0.1, -0.05) is 36.4 Å². The van der Waals surface area contributed by atoms with Crippen LogP contribution in [0.1, 0.15) is 11.1 Å². The molecule has 1 heterocycles.